The van der Waals surface area contributed by atoms with Crippen LogP contribution in [0.5, 0.6) is 0 Å². The molecule has 0 aliphatic rings. The molecule has 0 spiro atoms. The van der Waals surface area contributed by atoms with Gasteiger partial charge in [-0.3, -0.25) is 0 Å². The van der Waals surface area contributed by atoms with Gasteiger partial charge in [-0.25, -0.2) is 9.48 Å². The number of aryl methyl sites for hydroxylation is 1. The number of aromatic carboxylic acids is 1. The largest absolute Gasteiger partial charge is 0.476 e. The number of carbonyl (C=O) groups is 1. The predicted molar refractivity (Wildman–Crippen MR) is 73.0 cm³/mol. The second-order valence-electron chi connectivity index (χ2n) is 3.61. The Morgan fingerprint density at radius 2 is 1.89 bits per heavy atom. The van der Waals surface area contributed by atoms with Crippen LogP contribution in [0.25, 0.3) is 5.69 Å². The van der Waals surface area contributed by atoms with E-state index in [0.717, 1.165) is 4.47 Å². The third-order valence-corrected chi connectivity index (χ3v) is 3.33. The lowest BCUT2D eigenvalue weighted by Gasteiger charge is -2.09. The first kappa shape index (κ1) is 13.4. The maximum atomic E-state index is 10.9. The highest BCUT2D eigenvalue weighted by atomic mass is 79.9. The maximum Gasteiger partial charge on any atom is 0.356 e. The molecular weight excluding hydrogens is 343 g/mol. The van der Waals surface area contributed by atoms with Crippen molar-refractivity contribution < 1.29 is 9.90 Å². The van der Waals surface area contributed by atoms with Gasteiger partial charge < -0.3 is 5.11 Å². The van der Waals surface area contributed by atoms with E-state index in [4.69, 9.17) is 28.3 Å². The zero-order valence-electron chi connectivity index (χ0n) is 9.12. The molecule has 2 aromatic rings. The van der Waals surface area contributed by atoms with Gasteiger partial charge >= 0.3 is 5.97 Å². The molecule has 0 atom stereocenters. The Balaban J connectivity index is 2.66. The molecule has 0 bridgehead atoms. The number of hydrogen-bond donors (Lipinski definition) is 1. The molecule has 0 amide bonds. The minimum absolute atomic E-state index is 0.0532. The maximum absolute atomic E-state index is 10.9. The van der Waals surface area contributed by atoms with E-state index in [2.05, 4.69) is 21.0 Å². The second-order valence-corrected chi connectivity index (χ2v) is 5.34. The fourth-order valence-corrected chi connectivity index (χ4v) is 2.91. The summed E-state index contributed by atoms with van der Waals surface area (Å²) in [6.45, 7) is 1.73. The number of aromatic nitrogens is 2. The number of hydrogen-bond acceptors (Lipinski definition) is 2. The van der Waals surface area contributed by atoms with Crippen LogP contribution in [0.3, 0.4) is 0 Å². The Labute approximate surface area is 121 Å². The molecule has 0 radical (unpaired) electrons. The molecule has 0 unspecified atom stereocenters. The van der Waals surface area contributed by atoms with Crippen LogP contribution < -0.4 is 0 Å². The number of rotatable bonds is 2. The van der Waals surface area contributed by atoms with Gasteiger partial charge in [0.1, 0.15) is 5.69 Å². The smallest absolute Gasteiger partial charge is 0.356 e. The molecule has 4 nitrogen and oxygen atoms in total. The van der Waals surface area contributed by atoms with Crippen molar-refractivity contribution in [2.45, 2.75) is 6.92 Å². The van der Waals surface area contributed by atoms with Gasteiger partial charge in [-0.2, -0.15) is 5.10 Å². The predicted octanol–water partition coefficient (Wildman–Crippen LogP) is 3.95. The summed E-state index contributed by atoms with van der Waals surface area (Å²) in [5.41, 5.74) is 1.05. The van der Waals surface area contributed by atoms with Crippen molar-refractivity contribution in [2.24, 2.45) is 0 Å². The molecule has 1 N–H and O–H groups in total. The number of nitrogens with zero attached hydrogens (tertiary/aromatic N) is 2. The highest BCUT2D eigenvalue weighted by molar-refractivity contribution is 9.10. The first-order valence-electron chi connectivity index (χ1n) is 4.85. The molecule has 0 aliphatic carbocycles. The Morgan fingerprint density at radius 3 is 2.33 bits per heavy atom. The normalized spacial score (nSPS) is 10.7. The summed E-state index contributed by atoms with van der Waals surface area (Å²) >= 11 is 15.5. The van der Waals surface area contributed by atoms with E-state index < -0.39 is 5.97 Å². The van der Waals surface area contributed by atoms with Crippen LogP contribution in [0.1, 0.15) is 16.2 Å². The Morgan fingerprint density at radius 1 is 1.33 bits per heavy atom. The lowest BCUT2D eigenvalue weighted by Crippen LogP contribution is -2.03. The highest BCUT2D eigenvalue weighted by Crippen LogP contribution is 2.32. The molecule has 1 aromatic carbocycles. The van der Waals surface area contributed by atoms with Gasteiger partial charge in [0.15, 0.2) is 5.69 Å². The number of halogens is 3. The van der Waals surface area contributed by atoms with Crippen LogP contribution in [-0.4, -0.2) is 20.9 Å². The van der Waals surface area contributed by atoms with Crippen LogP contribution >= 0.6 is 39.1 Å². The summed E-state index contributed by atoms with van der Waals surface area (Å²) in [6, 6.07) is 4.80. The average molecular weight is 350 g/mol. The minimum atomic E-state index is -1.10. The van der Waals surface area contributed by atoms with Crippen LogP contribution in [0.2, 0.25) is 10.0 Å². The van der Waals surface area contributed by atoms with Crippen molar-refractivity contribution in [1.82, 2.24) is 9.78 Å². The number of carboxylic acid groups (broad SMARTS) is 1. The van der Waals surface area contributed by atoms with Gasteiger partial charge in [-0.1, -0.05) is 39.1 Å². The van der Waals surface area contributed by atoms with E-state index in [-0.39, 0.29) is 5.69 Å². The van der Waals surface area contributed by atoms with Crippen molar-refractivity contribution in [3.05, 3.63) is 44.1 Å². The number of carboxylic acids is 1. The Hall–Kier alpha value is -1.04. The van der Waals surface area contributed by atoms with E-state index in [1.165, 1.54) is 10.7 Å². The molecule has 2 rings (SSSR count). The molecule has 1 aromatic heterocycles. The van der Waals surface area contributed by atoms with Gasteiger partial charge in [0.25, 0.3) is 0 Å². The lowest BCUT2D eigenvalue weighted by molar-refractivity contribution is 0.0690. The molecule has 18 heavy (non-hydrogen) atoms. The molecule has 0 fully saturated rings. The average Bonchev–Trinajstić information content (AvgIpc) is 2.59. The highest BCUT2D eigenvalue weighted by Gasteiger charge is 2.16. The van der Waals surface area contributed by atoms with Gasteiger partial charge in [0.05, 0.1) is 10.0 Å². The molecule has 1 heterocycles. The van der Waals surface area contributed by atoms with Crippen LogP contribution in [0.15, 0.2) is 22.7 Å². The minimum Gasteiger partial charge on any atom is -0.476 e. The monoisotopic (exact) mass is 348 g/mol. The zero-order valence-corrected chi connectivity index (χ0v) is 12.2. The standard InChI is InChI=1S/C11H7BrCl2N2O2/c1-5-2-9(11(17)18)15-16(5)10-7(13)3-6(12)4-8(10)14/h2-4H,1H3,(H,17,18). The van der Waals surface area contributed by atoms with Gasteiger partial charge in [0, 0.05) is 10.2 Å². The van der Waals surface area contributed by atoms with Crippen molar-refractivity contribution in [3.8, 4) is 5.69 Å². The van der Waals surface area contributed by atoms with E-state index in [1.807, 2.05) is 0 Å². The number of benzene rings is 1. The molecule has 0 aliphatic heterocycles. The van der Waals surface area contributed by atoms with Crippen molar-refractivity contribution in [1.29, 1.82) is 0 Å². The van der Waals surface area contributed by atoms with E-state index >= 15 is 0 Å². The zero-order chi connectivity index (χ0) is 13.4. The van der Waals surface area contributed by atoms with E-state index in [9.17, 15) is 4.79 Å². The lowest BCUT2D eigenvalue weighted by atomic mass is 10.3. The third kappa shape index (κ3) is 2.39. The van der Waals surface area contributed by atoms with Crippen molar-refractivity contribution in [3.63, 3.8) is 0 Å². The summed E-state index contributed by atoms with van der Waals surface area (Å²) in [7, 11) is 0. The summed E-state index contributed by atoms with van der Waals surface area (Å²) in [5.74, 6) is -1.10. The van der Waals surface area contributed by atoms with Gasteiger partial charge in [-0.15, -0.1) is 0 Å². The Kier molecular flexibility index (Phi) is 3.66. The fraction of sp³-hybridized carbons (Fsp3) is 0.0909. The second kappa shape index (κ2) is 4.91. The molecule has 0 saturated heterocycles. The van der Waals surface area contributed by atoms with Crippen LogP contribution in [-0.2, 0) is 0 Å². The van der Waals surface area contributed by atoms with Crippen LogP contribution in [0, 0.1) is 6.92 Å². The SMILES string of the molecule is Cc1cc(C(=O)O)nn1-c1c(Cl)cc(Br)cc1Cl. The third-order valence-electron chi connectivity index (χ3n) is 2.30. The fourth-order valence-electron chi connectivity index (χ4n) is 1.54. The van der Waals surface area contributed by atoms with Crippen molar-refractivity contribution in [2.75, 3.05) is 0 Å². The molecule has 7 heteroatoms. The molecule has 0 saturated carbocycles. The summed E-state index contributed by atoms with van der Waals surface area (Å²) in [5, 5.41) is 13.6. The summed E-state index contributed by atoms with van der Waals surface area (Å²) in [6.07, 6.45) is 0. The van der Waals surface area contributed by atoms with Gasteiger partial charge in [-0.05, 0) is 25.1 Å². The van der Waals surface area contributed by atoms with Crippen molar-refractivity contribution >= 4 is 45.1 Å². The first-order valence-corrected chi connectivity index (χ1v) is 6.40. The van der Waals surface area contributed by atoms with Crippen LogP contribution in [0.4, 0.5) is 0 Å². The summed E-state index contributed by atoms with van der Waals surface area (Å²) in [4.78, 5) is 10.9. The topological polar surface area (TPSA) is 55.1 Å². The quantitative estimate of drug-likeness (QED) is 0.893. The molecular formula is C11H7BrCl2N2O2. The summed E-state index contributed by atoms with van der Waals surface area (Å²) < 4.78 is 2.16. The first-order chi connectivity index (χ1) is 8.40. The van der Waals surface area contributed by atoms with E-state index in [1.54, 1.807) is 19.1 Å². The van der Waals surface area contributed by atoms with Gasteiger partial charge in [0.2, 0.25) is 0 Å². The molecule has 94 valence electrons. The Bertz CT molecular complexity index is 617. The van der Waals surface area contributed by atoms with E-state index in [0.29, 0.717) is 21.4 Å².